The lowest BCUT2D eigenvalue weighted by atomic mass is 10.2. The lowest BCUT2D eigenvalue weighted by Crippen LogP contribution is -2.40. The van der Waals surface area contributed by atoms with Gasteiger partial charge in [0.05, 0.1) is 12.8 Å². The Morgan fingerprint density at radius 1 is 1.39 bits per heavy atom. The van der Waals surface area contributed by atoms with Gasteiger partial charge >= 0.3 is 0 Å². The lowest BCUT2D eigenvalue weighted by molar-refractivity contribution is -0.123. The number of hydrogen-bond acceptors (Lipinski definition) is 7. The van der Waals surface area contributed by atoms with Gasteiger partial charge in [0.2, 0.25) is 5.75 Å². The number of carbonyl (C=O) groups excluding carboxylic acids is 1. The summed E-state index contributed by atoms with van der Waals surface area (Å²) >= 11 is 0. The first-order valence-corrected chi connectivity index (χ1v) is 4.90. The van der Waals surface area contributed by atoms with Crippen molar-refractivity contribution in [1.29, 1.82) is 0 Å². The standard InChI is InChI=1S/C10H13N3O5/c11-6(4-14)10(18)13-12-3-5-1-2-7(15)9(17)8(5)16/h1-3,6,14-17H,4,11H2,(H,13,18). The quantitative estimate of drug-likeness (QED) is 0.221. The molecule has 1 unspecified atom stereocenters. The van der Waals surface area contributed by atoms with Crippen LogP contribution in [0.3, 0.4) is 0 Å². The van der Waals surface area contributed by atoms with Crippen molar-refractivity contribution in [2.24, 2.45) is 10.8 Å². The summed E-state index contributed by atoms with van der Waals surface area (Å²) in [6, 6.07) is 1.34. The predicted molar refractivity (Wildman–Crippen MR) is 62.2 cm³/mol. The number of phenolic OH excluding ortho intramolecular Hbond substituents is 3. The Labute approximate surface area is 102 Å². The van der Waals surface area contributed by atoms with Gasteiger partial charge in [-0.25, -0.2) is 5.43 Å². The first kappa shape index (κ1) is 13.7. The molecule has 0 saturated heterocycles. The monoisotopic (exact) mass is 255 g/mol. The van der Waals surface area contributed by atoms with E-state index in [1.807, 2.05) is 5.43 Å². The average Bonchev–Trinajstić information content (AvgIpc) is 2.37. The normalized spacial score (nSPS) is 12.6. The predicted octanol–water partition coefficient (Wildman–Crippen LogP) is -1.43. The number of carbonyl (C=O) groups is 1. The molecule has 7 N–H and O–H groups in total. The summed E-state index contributed by atoms with van der Waals surface area (Å²) in [5, 5.41) is 39.8. The molecular formula is C10H13N3O5. The van der Waals surface area contributed by atoms with Crippen molar-refractivity contribution in [3.05, 3.63) is 17.7 Å². The first-order chi connectivity index (χ1) is 8.47. The number of nitrogens with zero attached hydrogens (tertiary/aromatic N) is 1. The van der Waals surface area contributed by atoms with E-state index in [0.29, 0.717) is 0 Å². The molecule has 1 rings (SSSR count). The molecule has 1 aromatic rings. The second-order valence-electron chi connectivity index (χ2n) is 3.39. The first-order valence-electron chi connectivity index (χ1n) is 4.90. The molecule has 0 bridgehead atoms. The fourth-order valence-electron chi connectivity index (χ4n) is 1.02. The van der Waals surface area contributed by atoms with Gasteiger partial charge in [0, 0.05) is 5.56 Å². The summed E-state index contributed by atoms with van der Waals surface area (Å²) in [6.07, 6.45) is 1.05. The second kappa shape index (κ2) is 5.84. The van der Waals surface area contributed by atoms with Crippen LogP contribution in [0.4, 0.5) is 0 Å². The Morgan fingerprint density at radius 3 is 2.67 bits per heavy atom. The average molecular weight is 255 g/mol. The molecule has 18 heavy (non-hydrogen) atoms. The van der Waals surface area contributed by atoms with Gasteiger partial charge in [-0.2, -0.15) is 5.10 Å². The van der Waals surface area contributed by atoms with E-state index < -0.39 is 35.8 Å². The van der Waals surface area contributed by atoms with Gasteiger partial charge in [0.25, 0.3) is 5.91 Å². The highest BCUT2D eigenvalue weighted by Gasteiger charge is 2.11. The number of aromatic hydroxyl groups is 3. The molecule has 1 aromatic carbocycles. The van der Waals surface area contributed by atoms with Crippen LogP contribution in [-0.4, -0.2) is 45.2 Å². The number of benzene rings is 1. The molecule has 0 aliphatic heterocycles. The molecule has 0 aliphatic carbocycles. The maximum atomic E-state index is 11.1. The topological polar surface area (TPSA) is 148 Å². The number of nitrogens with one attached hydrogen (secondary N) is 1. The van der Waals surface area contributed by atoms with E-state index in [4.69, 9.17) is 15.9 Å². The SMILES string of the molecule is NC(CO)C(=O)NN=Cc1ccc(O)c(O)c1O. The zero-order valence-electron chi connectivity index (χ0n) is 9.24. The van der Waals surface area contributed by atoms with Crippen LogP contribution < -0.4 is 11.2 Å². The number of hydrogen-bond donors (Lipinski definition) is 6. The Balaban J connectivity index is 2.74. The number of aliphatic hydroxyl groups is 1. The van der Waals surface area contributed by atoms with Gasteiger partial charge in [0.15, 0.2) is 11.5 Å². The Morgan fingerprint density at radius 2 is 2.06 bits per heavy atom. The zero-order chi connectivity index (χ0) is 13.7. The van der Waals surface area contributed by atoms with Crippen molar-refractivity contribution in [1.82, 2.24) is 5.43 Å². The summed E-state index contributed by atoms with van der Waals surface area (Å²) in [4.78, 5) is 11.1. The van der Waals surface area contributed by atoms with E-state index in [1.165, 1.54) is 6.07 Å². The van der Waals surface area contributed by atoms with E-state index in [2.05, 4.69) is 5.10 Å². The number of aliphatic hydroxyl groups excluding tert-OH is 1. The van der Waals surface area contributed by atoms with E-state index >= 15 is 0 Å². The third kappa shape index (κ3) is 3.09. The van der Waals surface area contributed by atoms with Crippen LogP contribution in [0.1, 0.15) is 5.56 Å². The van der Waals surface area contributed by atoms with Gasteiger partial charge in [-0.05, 0) is 12.1 Å². The smallest absolute Gasteiger partial charge is 0.259 e. The summed E-state index contributed by atoms with van der Waals surface area (Å²) < 4.78 is 0. The molecule has 0 aliphatic rings. The maximum Gasteiger partial charge on any atom is 0.259 e. The molecule has 98 valence electrons. The Hall–Kier alpha value is -2.32. The highest BCUT2D eigenvalue weighted by Crippen LogP contribution is 2.36. The van der Waals surface area contributed by atoms with E-state index in [0.717, 1.165) is 12.3 Å². The largest absolute Gasteiger partial charge is 0.504 e. The summed E-state index contributed by atoms with van der Waals surface area (Å²) in [7, 11) is 0. The highest BCUT2D eigenvalue weighted by atomic mass is 16.3. The zero-order valence-corrected chi connectivity index (χ0v) is 9.24. The van der Waals surface area contributed by atoms with Gasteiger partial charge in [0.1, 0.15) is 6.04 Å². The summed E-state index contributed by atoms with van der Waals surface area (Å²) in [5.74, 6) is -2.43. The molecule has 0 saturated carbocycles. The minimum absolute atomic E-state index is 0.0863. The number of nitrogens with two attached hydrogens (primary N) is 1. The molecule has 8 heteroatoms. The molecule has 1 atom stereocenters. The van der Waals surface area contributed by atoms with Crippen LogP contribution in [0.2, 0.25) is 0 Å². The molecule has 0 heterocycles. The van der Waals surface area contributed by atoms with Crippen LogP contribution in [0.25, 0.3) is 0 Å². The number of phenols is 3. The number of rotatable bonds is 4. The van der Waals surface area contributed by atoms with Crippen molar-refractivity contribution in [2.75, 3.05) is 6.61 Å². The van der Waals surface area contributed by atoms with Crippen LogP contribution in [0.5, 0.6) is 17.2 Å². The third-order valence-corrected chi connectivity index (χ3v) is 2.07. The fourth-order valence-corrected chi connectivity index (χ4v) is 1.02. The van der Waals surface area contributed by atoms with Gasteiger partial charge in [-0.1, -0.05) is 0 Å². The van der Waals surface area contributed by atoms with Gasteiger partial charge < -0.3 is 26.2 Å². The van der Waals surface area contributed by atoms with Crippen LogP contribution in [0, 0.1) is 0 Å². The van der Waals surface area contributed by atoms with Crippen LogP contribution in [0.15, 0.2) is 17.2 Å². The van der Waals surface area contributed by atoms with Crippen molar-refractivity contribution >= 4 is 12.1 Å². The molecule has 1 amide bonds. The number of amides is 1. The molecule has 8 nitrogen and oxygen atoms in total. The molecular weight excluding hydrogens is 242 g/mol. The third-order valence-electron chi connectivity index (χ3n) is 2.07. The van der Waals surface area contributed by atoms with Crippen molar-refractivity contribution in [3.63, 3.8) is 0 Å². The van der Waals surface area contributed by atoms with Crippen molar-refractivity contribution in [2.45, 2.75) is 6.04 Å². The minimum Gasteiger partial charge on any atom is -0.504 e. The summed E-state index contributed by atoms with van der Waals surface area (Å²) in [6.45, 7) is -0.521. The van der Waals surface area contributed by atoms with E-state index in [1.54, 1.807) is 0 Å². The summed E-state index contributed by atoms with van der Waals surface area (Å²) in [5.41, 5.74) is 7.33. The van der Waals surface area contributed by atoms with Crippen molar-refractivity contribution < 1.29 is 25.2 Å². The maximum absolute atomic E-state index is 11.1. The molecule has 0 fully saturated rings. The fraction of sp³-hybridized carbons (Fsp3) is 0.200. The highest BCUT2D eigenvalue weighted by molar-refractivity contribution is 5.87. The van der Waals surface area contributed by atoms with Crippen molar-refractivity contribution in [3.8, 4) is 17.2 Å². The molecule has 0 aromatic heterocycles. The van der Waals surface area contributed by atoms with E-state index in [9.17, 15) is 15.0 Å². The van der Waals surface area contributed by atoms with Gasteiger partial charge in [-0.15, -0.1) is 0 Å². The molecule has 0 radical (unpaired) electrons. The lowest BCUT2D eigenvalue weighted by Gasteiger charge is -2.05. The van der Waals surface area contributed by atoms with Gasteiger partial charge in [-0.3, -0.25) is 4.79 Å². The molecule has 0 spiro atoms. The van der Waals surface area contributed by atoms with Crippen LogP contribution >= 0.6 is 0 Å². The minimum atomic E-state index is -1.09. The Kier molecular flexibility index (Phi) is 4.46. The number of hydrazone groups is 1. The van der Waals surface area contributed by atoms with Crippen LogP contribution in [-0.2, 0) is 4.79 Å². The second-order valence-corrected chi connectivity index (χ2v) is 3.39. The van der Waals surface area contributed by atoms with E-state index in [-0.39, 0.29) is 5.56 Å². The Bertz CT molecular complexity index is 475.